The molecule has 1 aromatic heterocycles. The van der Waals surface area contributed by atoms with Crippen LogP contribution >= 0.6 is 0 Å². The van der Waals surface area contributed by atoms with E-state index in [1.165, 1.54) is 16.7 Å². The molecule has 9 nitrogen and oxygen atoms in total. The third-order valence-electron chi connectivity index (χ3n) is 14.5. The number of aliphatic hydroxyl groups excluding tert-OH is 2. The Kier molecular flexibility index (Phi) is 12.1. The van der Waals surface area contributed by atoms with E-state index in [1.54, 1.807) is 6.07 Å². The minimum atomic E-state index is -0.635. The SMILES string of the molecule is CC(C)CC[C@H]1CC[C@H]2C[C@H](O)CCc3cc(c(O)cc3CO)OCc3cc([C@@]45CCOC[C@H]4CCc4ccccc45)cc4cn(cc34)C3=C(CO2)C(=CC(N)N3)C#C[C@@H]1C. The molecule has 4 aromatic rings. The molecule has 0 radical (unpaired) electrons. The van der Waals surface area contributed by atoms with E-state index in [1.807, 2.05) is 12.1 Å². The lowest BCUT2D eigenvalue weighted by Crippen LogP contribution is -2.47. The van der Waals surface area contributed by atoms with E-state index in [0.717, 1.165) is 83.8 Å². The Morgan fingerprint density at radius 1 is 1.00 bits per heavy atom. The summed E-state index contributed by atoms with van der Waals surface area (Å²) in [4.78, 5) is 0. The maximum absolute atomic E-state index is 11.6. The number of aryl methyl sites for hydroxylation is 2. The number of nitrogens with zero attached hydrogens (tertiary/aromatic N) is 1. The molecule has 4 aliphatic heterocycles. The van der Waals surface area contributed by atoms with Crippen LogP contribution in [0.2, 0.25) is 0 Å². The summed E-state index contributed by atoms with van der Waals surface area (Å²) in [7, 11) is 0. The molecule has 0 saturated carbocycles. The number of hydrogen-bond donors (Lipinski definition) is 5. The number of dihydropyridines is 1. The predicted octanol–water partition coefficient (Wildman–Crippen LogP) is 8.24. The van der Waals surface area contributed by atoms with Crippen LogP contribution in [-0.4, -0.2) is 58.1 Å². The Labute approximate surface area is 361 Å². The van der Waals surface area contributed by atoms with Gasteiger partial charge in [0.2, 0.25) is 0 Å². The summed E-state index contributed by atoms with van der Waals surface area (Å²) in [5.74, 6) is 9.93. The molecule has 1 fully saturated rings. The van der Waals surface area contributed by atoms with Gasteiger partial charge >= 0.3 is 0 Å². The van der Waals surface area contributed by atoms with Crippen LogP contribution in [-0.2, 0) is 40.9 Å². The van der Waals surface area contributed by atoms with Crippen LogP contribution in [0.25, 0.3) is 16.6 Å². The van der Waals surface area contributed by atoms with Gasteiger partial charge in [0, 0.05) is 52.3 Å². The summed E-state index contributed by atoms with van der Waals surface area (Å²) in [6.07, 6.45) is 13.5. The number of hydrogen-bond acceptors (Lipinski definition) is 8. The number of phenols is 1. The number of ether oxygens (including phenoxy) is 3. The van der Waals surface area contributed by atoms with Crippen LogP contribution in [0.1, 0.15) is 106 Å². The summed E-state index contributed by atoms with van der Waals surface area (Å²) in [5, 5.41) is 39.0. The molecule has 5 aliphatic rings. The van der Waals surface area contributed by atoms with Gasteiger partial charge in [-0.3, -0.25) is 0 Å². The van der Waals surface area contributed by atoms with Crippen LogP contribution in [0, 0.1) is 35.5 Å². The first-order valence-electron chi connectivity index (χ1n) is 22.8. The highest BCUT2D eigenvalue weighted by Crippen LogP contribution is 2.52. The second-order valence-corrected chi connectivity index (χ2v) is 18.8. The van der Waals surface area contributed by atoms with Gasteiger partial charge in [-0.25, -0.2) is 0 Å². The average Bonchev–Trinajstić information content (AvgIpc) is 3.69. The van der Waals surface area contributed by atoms with E-state index in [-0.39, 0.29) is 36.4 Å². The van der Waals surface area contributed by atoms with Gasteiger partial charge in [0.05, 0.1) is 38.2 Å². The van der Waals surface area contributed by atoms with Gasteiger partial charge in [-0.1, -0.05) is 69.4 Å². The van der Waals surface area contributed by atoms with Crippen molar-refractivity contribution in [2.75, 3.05) is 19.8 Å². The third kappa shape index (κ3) is 8.38. The monoisotopic (exact) mass is 825 g/mol. The van der Waals surface area contributed by atoms with Crippen LogP contribution in [0.3, 0.4) is 0 Å². The molecule has 1 unspecified atom stereocenters. The van der Waals surface area contributed by atoms with Crippen molar-refractivity contribution in [1.29, 1.82) is 0 Å². The lowest BCUT2D eigenvalue weighted by atomic mass is 9.57. The van der Waals surface area contributed by atoms with Crippen LogP contribution in [0.15, 0.2) is 78.1 Å². The first kappa shape index (κ1) is 41.8. The Bertz CT molecular complexity index is 2380. The van der Waals surface area contributed by atoms with Crippen molar-refractivity contribution in [3.05, 3.63) is 112 Å². The number of phenolic OH excluding ortho intramolecular Hbond substituents is 1. The number of nitrogens with two attached hydrogens (primary N) is 1. The first-order valence-corrected chi connectivity index (χ1v) is 22.8. The summed E-state index contributed by atoms with van der Waals surface area (Å²) in [5.41, 5.74) is 14.9. The standard InChI is InChI=1S/C52H63N3O6/c1-32(2)8-10-34-14-17-44-25-43(57)16-13-36-23-49(48(58)22-39(36)28-56)61-29-40-21-42(52-18-19-59-30-41(52)15-12-35-6-4-5-7-47(35)52)20-38-26-55(27-45(38)40)51-46(31-60-44)37(11-9-33(34)3)24-50(53)54-51/h4-7,20-24,26-27,32-34,41,43-44,50,54,56-58H,8,10,12-19,25,28-31,53H2,1-3H3/t33-,34-,41+,43+,44-,50?,52+/m0/s1. The topological polar surface area (TPSA) is 131 Å². The van der Waals surface area contributed by atoms with Crippen molar-refractivity contribution in [3.63, 3.8) is 0 Å². The summed E-state index contributed by atoms with van der Waals surface area (Å²) < 4.78 is 21.9. The fourth-order valence-electron chi connectivity index (χ4n) is 11.0. The van der Waals surface area contributed by atoms with Crippen LogP contribution in [0.4, 0.5) is 0 Å². The summed E-state index contributed by atoms with van der Waals surface area (Å²) in [6, 6.07) is 17.1. The molecule has 0 amide bonds. The van der Waals surface area contributed by atoms with Gasteiger partial charge in [0.1, 0.15) is 12.4 Å². The molecule has 9 rings (SSSR count). The van der Waals surface area contributed by atoms with Gasteiger partial charge in [0.15, 0.2) is 11.5 Å². The zero-order chi connectivity index (χ0) is 42.3. The Hall–Kier alpha value is -4.56. The normalized spacial score (nSPS) is 28.0. The Morgan fingerprint density at radius 2 is 1.85 bits per heavy atom. The summed E-state index contributed by atoms with van der Waals surface area (Å²) in [6.45, 7) is 8.51. The fraction of sp³-hybridized carbons (Fsp3) is 0.500. The maximum atomic E-state index is 11.6. The predicted molar refractivity (Wildman–Crippen MR) is 240 cm³/mol. The van der Waals surface area contributed by atoms with Crippen LogP contribution in [0.5, 0.6) is 11.5 Å². The third-order valence-corrected chi connectivity index (χ3v) is 14.5. The quantitative estimate of drug-likeness (QED) is 0.127. The van der Waals surface area contributed by atoms with Crippen LogP contribution < -0.4 is 15.8 Å². The smallest absolute Gasteiger partial charge is 0.161 e. The number of aliphatic hydroxyl groups is 2. The van der Waals surface area contributed by atoms with E-state index < -0.39 is 12.3 Å². The van der Waals surface area contributed by atoms with E-state index in [2.05, 4.69) is 91.3 Å². The largest absolute Gasteiger partial charge is 0.504 e. The zero-order valence-corrected chi connectivity index (χ0v) is 36.1. The van der Waals surface area contributed by atoms with Crippen molar-refractivity contribution in [2.45, 2.75) is 122 Å². The molecular weight excluding hydrogens is 763 g/mol. The van der Waals surface area contributed by atoms with Gasteiger partial charge in [-0.05, 0) is 133 Å². The van der Waals surface area contributed by atoms with Gasteiger partial charge in [-0.2, -0.15) is 0 Å². The maximum Gasteiger partial charge on any atom is 0.161 e. The fourth-order valence-corrected chi connectivity index (χ4v) is 11.0. The van der Waals surface area contributed by atoms with E-state index >= 15 is 0 Å². The molecule has 9 heteroatoms. The number of nitrogens with one attached hydrogen (secondary N) is 1. The molecule has 3 aromatic carbocycles. The molecule has 0 spiro atoms. The Balaban J connectivity index is 1.23. The lowest BCUT2D eigenvalue weighted by Gasteiger charge is -2.49. The average molecular weight is 826 g/mol. The minimum Gasteiger partial charge on any atom is -0.504 e. The Morgan fingerprint density at radius 3 is 2.70 bits per heavy atom. The van der Waals surface area contributed by atoms with Crippen molar-refractivity contribution < 1.29 is 29.5 Å². The number of rotatable bonds is 5. The van der Waals surface area contributed by atoms with Crippen molar-refractivity contribution in [1.82, 2.24) is 9.88 Å². The van der Waals surface area contributed by atoms with Gasteiger partial charge < -0.3 is 45.1 Å². The first-order chi connectivity index (χ1) is 29.6. The van der Waals surface area contributed by atoms with Gasteiger partial charge in [-0.15, -0.1) is 0 Å². The molecule has 1 saturated heterocycles. The number of fused-ring (bicyclic) bond motifs is 9. The van der Waals surface area contributed by atoms with Gasteiger partial charge in [0.25, 0.3) is 0 Å². The molecular formula is C52H63N3O6. The second kappa shape index (κ2) is 17.7. The zero-order valence-electron chi connectivity index (χ0n) is 36.1. The number of aromatic nitrogens is 1. The van der Waals surface area contributed by atoms with Crippen molar-refractivity contribution in [2.24, 2.45) is 29.4 Å². The molecule has 1 aliphatic carbocycles. The highest BCUT2D eigenvalue weighted by Gasteiger charge is 2.47. The molecule has 5 heterocycles. The van der Waals surface area contributed by atoms with Crippen molar-refractivity contribution >= 4 is 16.6 Å². The van der Waals surface area contributed by atoms with Crippen molar-refractivity contribution in [3.8, 4) is 23.3 Å². The molecule has 322 valence electrons. The minimum absolute atomic E-state index is 0.0205. The molecule has 61 heavy (non-hydrogen) atoms. The highest BCUT2D eigenvalue weighted by atomic mass is 16.5. The van der Waals surface area contributed by atoms with E-state index in [9.17, 15) is 15.3 Å². The number of aromatic hydroxyl groups is 1. The second-order valence-electron chi connectivity index (χ2n) is 18.8. The molecule has 6 bridgehead atoms. The molecule has 6 N–H and O–H groups in total. The number of benzene rings is 3. The summed E-state index contributed by atoms with van der Waals surface area (Å²) >= 11 is 0. The van der Waals surface area contributed by atoms with E-state index in [4.69, 9.17) is 19.9 Å². The highest BCUT2D eigenvalue weighted by molar-refractivity contribution is 5.88. The van der Waals surface area contributed by atoms with E-state index in [0.29, 0.717) is 68.1 Å². The molecule has 7 atom stereocenters. The lowest BCUT2D eigenvalue weighted by molar-refractivity contribution is 0.00498.